The summed E-state index contributed by atoms with van der Waals surface area (Å²) in [6, 6.07) is 14.8. The van der Waals surface area contributed by atoms with Crippen molar-refractivity contribution in [3.63, 3.8) is 0 Å². The molecule has 1 aromatic heterocycles. The summed E-state index contributed by atoms with van der Waals surface area (Å²) < 4.78 is 0. The van der Waals surface area contributed by atoms with Gasteiger partial charge in [0, 0.05) is 23.8 Å². The van der Waals surface area contributed by atoms with Crippen LogP contribution in [-0.2, 0) is 11.4 Å². The molecule has 184 valence electrons. The fourth-order valence-electron chi connectivity index (χ4n) is 5.80. The molecule has 1 amide bonds. The van der Waals surface area contributed by atoms with Gasteiger partial charge in [-0.3, -0.25) is 9.78 Å². The molecule has 2 aliphatic rings. The van der Waals surface area contributed by atoms with Crippen LogP contribution in [-0.4, -0.2) is 41.1 Å². The summed E-state index contributed by atoms with van der Waals surface area (Å²) in [6.07, 6.45) is 7.76. The number of nitrogens with zero attached hydrogens (tertiary/aromatic N) is 3. The molecule has 0 bridgehead atoms. The van der Waals surface area contributed by atoms with E-state index in [1.165, 1.54) is 5.39 Å². The molecule has 1 saturated carbocycles. The molecule has 2 aromatic carbocycles. The molecule has 0 saturated heterocycles. The maximum atomic E-state index is 14.1. The molecule has 2 atom stereocenters. The summed E-state index contributed by atoms with van der Waals surface area (Å²) in [5.74, 6) is 5.47. The first-order chi connectivity index (χ1) is 17.1. The Morgan fingerprint density at radius 3 is 2.69 bits per heavy atom. The third-order valence-electron chi connectivity index (χ3n) is 7.44. The lowest BCUT2D eigenvalue weighted by Crippen LogP contribution is -2.59. The number of amides is 1. The number of carbonyl (C=O) groups excluding carboxylic acids is 1. The van der Waals surface area contributed by atoms with Gasteiger partial charge in [0.2, 0.25) is 0 Å². The number of aryl methyl sites for hydroxylation is 1. The van der Waals surface area contributed by atoms with E-state index in [0.29, 0.717) is 6.67 Å². The summed E-state index contributed by atoms with van der Waals surface area (Å²) in [4.78, 5) is 27.8. The lowest BCUT2D eigenvalue weighted by Gasteiger charge is -2.46. The summed E-state index contributed by atoms with van der Waals surface area (Å²) >= 11 is 0. The summed E-state index contributed by atoms with van der Waals surface area (Å²) in [6.45, 7) is 5.66. The Balaban J connectivity index is 1.61. The van der Waals surface area contributed by atoms with Crippen molar-refractivity contribution in [2.45, 2.75) is 64.5 Å². The minimum atomic E-state index is 0.0290. The number of hydrogen-bond donors (Lipinski definition) is 2. The zero-order chi connectivity index (χ0) is 24.4. The second-order valence-corrected chi connectivity index (χ2v) is 9.84. The van der Waals surface area contributed by atoms with Gasteiger partial charge in [0.1, 0.15) is 0 Å². The maximum absolute atomic E-state index is 14.1. The standard InChI is InChI=1S/C28H35N5O2/c1-3-14-32-18-33(26-11-7-6-10-25(26)31-35-29)28(34)24-16-21(15-20-13-12-19(2)30-17-20)22-8-4-5-9-23(22)27(24)32/h4-5,8-9,12-13,16-17,25-26,31H,3,6-7,10-11,14-15,18,29H2,1-2H3/t25-,26-/m0/s1. The van der Waals surface area contributed by atoms with E-state index in [-0.39, 0.29) is 18.0 Å². The number of aromatic nitrogens is 1. The normalized spacial score (nSPS) is 20.4. The smallest absolute Gasteiger partial charge is 0.257 e. The number of hydrogen-bond acceptors (Lipinski definition) is 6. The quantitative estimate of drug-likeness (QED) is 0.493. The van der Waals surface area contributed by atoms with Crippen LogP contribution in [0.4, 0.5) is 5.69 Å². The SMILES string of the molecule is CCCN1CN([C@H]2CCCC[C@@H]2NON)C(=O)c2cc(Cc3ccc(C)nc3)c3ccccc3c21. The van der Waals surface area contributed by atoms with Crippen molar-refractivity contribution in [1.82, 2.24) is 15.4 Å². The van der Waals surface area contributed by atoms with Gasteiger partial charge in [-0.2, -0.15) is 11.4 Å². The number of fused-ring (bicyclic) bond motifs is 3. The van der Waals surface area contributed by atoms with Crippen molar-refractivity contribution in [1.29, 1.82) is 0 Å². The van der Waals surface area contributed by atoms with E-state index in [1.54, 1.807) is 0 Å². The van der Waals surface area contributed by atoms with Gasteiger partial charge in [-0.05, 0) is 61.3 Å². The lowest BCUT2D eigenvalue weighted by atomic mass is 9.87. The molecule has 7 heteroatoms. The number of nitrogens with one attached hydrogen (secondary N) is 1. The molecule has 2 heterocycles. The average molecular weight is 474 g/mol. The number of hydroxylamine groups is 1. The number of rotatable bonds is 7. The maximum Gasteiger partial charge on any atom is 0.257 e. The van der Waals surface area contributed by atoms with Crippen LogP contribution in [0.15, 0.2) is 48.7 Å². The second-order valence-electron chi connectivity index (χ2n) is 9.84. The number of pyridine rings is 1. The van der Waals surface area contributed by atoms with Crippen LogP contribution >= 0.6 is 0 Å². The van der Waals surface area contributed by atoms with Crippen LogP contribution in [0.1, 0.15) is 66.2 Å². The van der Waals surface area contributed by atoms with Crippen LogP contribution in [0.25, 0.3) is 10.8 Å². The molecule has 3 aromatic rings. The summed E-state index contributed by atoms with van der Waals surface area (Å²) in [5, 5.41) is 2.34. The molecule has 7 nitrogen and oxygen atoms in total. The first-order valence-corrected chi connectivity index (χ1v) is 12.7. The van der Waals surface area contributed by atoms with Gasteiger partial charge in [-0.25, -0.2) is 4.94 Å². The Hall–Kier alpha value is -3.00. The Morgan fingerprint density at radius 1 is 1.14 bits per heavy atom. The summed E-state index contributed by atoms with van der Waals surface area (Å²) in [7, 11) is 0. The zero-order valence-corrected chi connectivity index (χ0v) is 20.7. The molecule has 0 radical (unpaired) electrons. The minimum Gasteiger partial charge on any atom is -0.353 e. The van der Waals surface area contributed by atoms with Crippen LogP contribution in [0, 0.1) is 6.92 Å². The second kappa shape index (κ2) is 10.3. The van der Waals surface area contributed by atoms with Gasteiger partial charge in [0.25, 0.3) is 5.91 Å². The van der Waals surface area contributed by atoms with Crippen molar-refractivity contribution in [3.8, 4) is 0 Å². The van der Waals surface area contributed by atoms with Crippen LogP contribution in [0.3, 0.4) is 0 Å². The number of anilines is 1. The van der Waals surface area contributed by atoms with E-state index >= 15 is 0 Å². The highest BCUT2D eigenvalue weighted by Crippen LogP contribution is 2.39. The van der Waals surface area contributed by atoms with Crippen LogP contribution in [0.5, 0.6) is 0 Å². The monoisotopic (exact) mass is 473 g/mol. The first kappa shape index (κ1) is 23.7. The van der Waals surface area contributed by atoms with E-state index in [4.69, 9.17) is 10.8 Å². The number of benzene rings is 2. The first-order valence-electron chi connectivity index (χ1n) is 12.7. The molecule has 0 spiro atoms. The Kier molecular flexibility index (Phi) is 7.00. The van der Waals surface area contributed by atoms with Gasteiger partial charge < -0.3 is 9.80 Å². The zero-order valence-electron chi connectivity index (χ0n) is 20.7. The topological polar surface area (TPSA) is 83.7 Å². The molecule has 3 N–H and O–H groups in total. The molecular weight excluding hydrogens is 438 g/mol. The third-order valence-corrected chi connectivity index (χ3v) is 7.44. The van der Waals surface area contributed by atoms with E-state index in [2.05, 4.69) is 58.7 Å². The van der Waals surface area contributed by atoms with Gasteiger partial charge in [0.15, 0.2) is 0 Å². The van der Waals surface area contributed by atoms with Gasteiger partial charge in [-0.15, -0.1) is 0 Å². The number of nitrogens with two attached hydrogens (primary N) is 1. The Labute approximate surface area is 207 Å². The third kappa shape index (κ3) is 4.63. The Bertz CT molecular complexity index is 1190. The predicted octanol–water partition coefficient (Wildman–Crippen LogP) is 4.47. The van der Waals surface area contributed by atoms with Crippen molar-refractivity contribution >= 4 is 22.4 Å². The van der Waals surface area contributed by atoms with Gasteiger partial charge in [0.05, 0.1) is 30.0 Å². The molecule has 0 unspecified atom stereocenters. The molecular formula is C28H35N5O2. The van der Waals surface area contributed by atoms with Crippen LogP contribution in [0.2, 0.25) is 0 Å². The lowest BCUT2D eigenvalue weighted by molar-refractivity contribution is -0.0214. The Morgan fingerprint density at radius 2 is 1.94 bits per heavy atom. The fourth-order valence-corrected chi connectivity index (χ4v) is 5.80. The van der Waals surface area contributed by atoms with Crippen molar-refractivity contribution in [2.75, 3.05) is 18.1 Å². The average Bonchev–Trinajstić information content (AvgIpc) is 2.88. The van der Waals surface area contributed by atoms with Gasteiger partial charge >= 0.3 is 0 Å². The summed E-state index contributed by atoms with van der Waals surface area (Å²) in [5.41, 5.74) is 8.10. The highest BCUT2D eigenvalue weighted by atomic mass is 16.8. The van der Waals surface area contributed by atoms with E-state index in [9.17, 15) is 4.79 Å². The highest BCUT2D eigenvalue weighted by Gasteiger charge is 2.39. The van der Waals surface area contributed by atoms with E-state index in [0.717, 1.165) is 78.5 Å². The molecule has 1 aliphatic carbocycles. The van der Waals surface area contributed by atoms with Gasteiger partial charge in [-0.1, -0.05) is 50.1 Å². The van der Waals surface area contributed by atoms with E-state index < -0.39 is 0 Å². The minimum absolute atomic E-state index is 0.0290. The largest absolute Gasteiger partial charge is 0.353 e. The molecule has 5 rings (SSSR count). The molecule has 1 aliphatic heterocycles. The van der Waals surface area contributed by atoms with E-state index in [1.807, 2.05) is 24.1 Å². The van der Waals surface area contributed by atoms with Crippen molar-refractivity contribution in [3.05, 3.63) is 71.0 Å². The predicted molar refractivity (Wildman–Crippen MR) is 139 cm³/mol. The molecule has 35 heavy (non-hydrogen) atoms. The van der Waals surface area contributed by atoms with Crippen molar-refractivity contribution < 1.29 is 9.73 Å². The van der Waals surface area contributed by atoms with Crippen molar-refractivity contribution in [2.24, 2.45) is 5.90 Å². The number of carbonyl (C=O) groups is 1. The fraction of sp³-hybridized carbons (Fsp3) is 0.429. The molecule has 1 fully saturated rings. The van der Waals surface area contributed by atoms with Crippen LogP contribution < -0.4 is 16.3 Å². The highest BCUT2D eigenvalue weighted by molar-refractivity contribution is 6.11.